The van der Waals surface area contributed by atoms with Crippen LogP contribution in [0.1, 0.15) is 150 Å². The van der Waals surface area contributed by atoms with E-state index in [1.165, 1.54) is 78.4 Å². The Morgan fingerprint density at radius 3 is 1.50 bits per heavy atom. The Kier molecular flexibility index (Phi) is 38.5. The molecule has 1 saturated heterocycles. The van der Waals surface area contributed by atoms with Crippen molar-refractivity contribution in [3.63, 3.8) is 0 Å². The van der Waals surface area contributed by atoms with Crippen LogP contribution in [0.5, 0.6) is 5.75 Å². The minimum atomic E-state index is -1.74. The highest BCUT2D eigenvalue weighted by Gasteiger charge is 2.43. The highest BCUT2D eigenvalue weighted by atomic mass is 33.1. The normalized spacial score (nSPS) is 15.1. The number of piperidine rings is 1. The number of carbonyl (C=O) groups is 13. The number of para-hydroxylation sites is 1. The molecule has 7 N–H and O–H groups in total. The van der Waals surface area contributed by atoms with Crippen molar-refractivity contribution in [3.8, 4) is 5.75 Å². The molecular formula is C84H122N12O15S2. The molecule has 12 amide bonds. The summed E-state index contributed by atoms with van der Waals surface area (Å²) >= 11 is 0. The molecule has 29 heteroatoms. The number of hydrogen-bond acceptors (Lipinski definition) is 17. The number of nitrogens with one attached hydrogen (secondary N) is 6. The number of nitrogens with zero attached hydrogens (tertiary/aromatic N) is 6. The largest absolute Gasteiger partial charge is 0.425 e. The molecule has 113 heavy (non-hydrogen) atoms. The van der Waals surface area contributed by atoms with Crippen LogP contribution in [0.15, 0.2) is 114 Å². The first-order chi connectivity index (χ1) is 53.4. The van der Waals surface area contributed by atoms with Crippen LogP contribution < -0.4 is 36.6 Å². The molecule has 0 spiro atoms. The number of likely N-dealkylation sites (tertiary alicyclic amines) is 1. The number of aliphatic hydroxyl groups excluding tert-OH is 1. The van der Waals surface area contributed by atoms with Crippen molar-refractivity contribution in [1.29, 1.82) is 0 Å². The van der Waals surface area contributed by atoms with E-state index in [9.17, 15) is 48.3 Å². The SMILES string of the molecule is CCSSc1cccc(C)c1OC(=O)C[C@H](NC(=O)[C@H](Cc1ccccc1)NC(=O)[C@H](C(C)C)N(C)C(=O)[C@H](CC(C)C)N(C)C(=O)CNC(=O)[C@H](Cc1ccccc1)N(C)C(=O)[C@@H](NC(=O)[C@H](CC(C)C)N(C)C(=O)[C@@H](NC(=O)CC)C(C)C)[C@@H](C)O)C(=O)N(C)C(Cc1ccccc1)C(=O)N[C@@H](C)C(=O)N1CCCCC1. The van der Waals surface area contributed by atoms with Crippen LogP contribution in [0, 0.1) is 30.6 Å². The Balaban J connectivity index is 1.45. The highest BCUT2D eigenvalue weighted by molar-refractivity contribution is 8.76. The zero-order chi connectivity index (χ0) is 84.1. The number of esters is 1. The number of aliphatic hydroxyl groups is 1. The standard InChI is InChI=1S/C84H122N12O15S2/c1-19-68(98)89-71(53(7)8)83(109)93(16)63(44-51(3)4)78(104)90-72(57(13)97)84(110)94(17)64(47-59-37-27-22-28-38-59)76(102)85-50-69(99)91(14)66(45-52(5)6)82(108)95(18)73(54(9)10)79(105)87-61(46-58-35-25-21-26-36-58)75(101)88-62(49-70(100)111-74-55(11)34-33-41-67(74)113-112-20-2)81(107)92(15)65(48-60-39-29-23-30-40-60)77(103)86-56(12)80(106)96-42-31-24-32-43-96/h21-23,25-30,33-41,51-54,56-57,61-66,71-73,97H,19-20,24,31-32,42-50H2,1-18H3,(H,85,102)(H,86,103)(H,87,105)(H,88,101)(H,89,98)(H,90,104)/t56-,57+,61-,62-,63-,64-,65?,66-,71-,72-,73-/m0/s1. The maximum absolute atomic E-state index is 15.5. The van der Waals surface area contributed by atoms with Gasteiger partial charge in [-0.3, -0.25) is 62.3 Å². The van der Waals surface area contributed by atoms with Gasteiger partial charge < -0.3 is 71.1 Å². The highest BCUT2D eigenvalue weighted by Crippen LogP contribution is 2.39. The van der Waals surface area contributed by atoms with Gasteiger partial charge in [-0.05, 0) is 105 Å². The van der Waals surface area contributed by atoms with Gasteiger partial charge in [0.25, 0.3) is 0 Å². The van der Waals surface area contributed by atoms with E-state index in [0.29, 0.717) is 40.2 Å². The van der Waals surface area contributed by atoms with Crippen molar-refractivity contribution in [2.45, 2.75) is 226 Å². The molecule has 27 nitrogen and oxygen atoms in total. The lowest BCUT2D eigenvalue weighted by Crippen LogP contribution is -2.62. The van der Waals surface area contributed by atoms with Crippen molar-refractivity contribution in [2.75, 3.05) is 60.6 Å². The van der Waals surface area contributed by atoms with E-state index in [0.717, 1.165) is 34.8 Å². The van der Waals surface area contributed by atoms with Gasteiger partial charge in [-0.25, -0.2) is 0 Å². The minimum absolute atomic E-state index is 0.0399. The molecule has 5 rings (SSSR count). The third-order valence-corrected chi connectivity index (χ3v) is 22.5. The Bertz CT molecular complexity index is 3850. The summed E-state index contributed by atoms with van der Waals surface area (Å²) in [6.45, 7) is 22.9. The molecule has 1 aliphatic rings. The third-order valence-electron chi connectivity index (χ3n) is 20.1. The smallest absolute Gasteiger partial charge is 0.313 e. The monoisotopic (exact) mass is 1600 g/mol. The number of carbonyl (C=O) groups excluding carboxylic acids is 13. The van der Waals surface area contributed by atoms with Crippen LogP contribution in [0.4, 0.5) is 0 Å². The molecule has 0 aliphatic carbocycles. The molecule has 620 valence electrons. The minimum Gasteiger partial charge on any atom is -0.425 e. The summed E-state index contributed by atoms with van der Waals surface area (Å²) in [5, 5.41) is 27.8. The van der Waals surface area contributed by atoms with Crippen molar-refractivity contribution < 1.29 is 72.2 Å². The Morgan fingerprint density at radius 2 is 0.982 bits per heavy atom. The molecular weight excluding hydrogens is 1480 g/mol. The number of hydrogen-bond donors (Lipinski definition) is 7. The summed E-state index contributed by atoms with van der Waals surface area (Å²) in [5.41, 5.74) is 2.46. The van der Waals surface area contributed by atoms with Crippen molar-refractivity contribution >= 4 is 98.4 Å². The molecule has 11 atom stereocenters. The van der Waals surface area contributed by atoms with Gasteiger partial charge in [-0.1, -0.05) is 194 Å². The van der Waals surface area contributed by atoms with E-state index in [-0.39, 0.29) is 73.8 Å². The predicted molar refractivity (Wildman–Crippen MR) is 438 cm³/mol. The average Bonchev–Trinajstić information content (AvgIpc) is 0.806. The van der Waals surface area contributed by atoms with Gasteiger partial charge in [0.05, 0.1) is 24.0 Å². The number of likely N-dealkylation sites (N-methyl/N-ethyl adjacent to an activating group) is 5. The fourth-order valence-electron chi connectivity index (χ4n) is 13.5. The summed E-state index contributed by atoms with van der Waals surface area (Å²) in [6, 6.07) is 18.4. The Labute approximate surface area is 675 Å². The van der Waals surface area contributed by atoms with Gasteiger partial charge in [0.15, 0.2) is 0 Å². The van der Waals surface area contributed by atoms with Crippen molar-refractivity contribution in [3.05, 3.63) is 131 Å². The second kappa shape index (κ2) is 46.1. The maximum Gasteiger partial charge on any atom is 0.313 e. The number of aryl methyl sites for hydroxylation is 1. The lowest BCUT2D eigenvalue weighted by molar-refractivity contribution is -0.150. The quantitative estimate of drug-likeness (QED) is 0.0138. The first-order valence-electron chi connectivity index (χ1n) is 39.2. The van der Waals surface area contributed by atoms with Crippen LogP contribution in [0.25, 0.3) is 0 Å². The predicted octanol–water partition coefficient (Wildman–Crippen LogP) is 6.68. The van der Waals surface area contributed by atoms with Crippen LogP contribution >= 0.6 is 21.6 Å². The molecule has 1 aliphatic heterocycles. The number of amides is 12. The van der Waals surface area contributed by atoms with Crippen LogP contribution in [0.3, 0.4) is 0 Å². The van der Waals surface area contributed by atoms with Gasteiger partial charge >= 0.3 is 5.97 Å². The molecule has 0 aromatic heterocycles. The molecule has 0 saturated carbocycles. The van der Waals surface area contributed by atoms with Gasteiger partial charge in [0.2, 0.25) is 70.9 Å². The number of rotatable bonds is 42. The van der Waals surface area contributed by atoms with Crippen LogP contribution in [-0.4, -0.2) is 239 Å². The van der Waals surface area contributed by atoms with Gasteiger partial charge in [-0.2, -0.15) is 0 Å². The molecule has 0 radical (unpaired) electrons. The van der Waals surface area contributed by atoms with Crippen LogP contribution in [-0.2, 0) is 81.6 Å². The summed E-state index contributed by atoms with van der Waals surface area (Å²) in [6.07, 6.45) is 0.339. The van der Waals surface area contributed by atoms with E-state index in [2.05, 4.69) is 31.9 Å². The fourth-order valence-corrected chi connectivity index (χ4v) is 15.3. The van der Waals surface area contributed by atoms with E-state index in [1.807, 2.05) is 40.7 Å². The number of benzene rings is 4. The second-order valence-electron chi connectivity index (χ2n) is 30.8. The summed E-state index contributed by atoms with van der Waals surface area (Å²) in [4.78, 5) is 198. The Morgan fingerprint density at radius 1 is 0.487 bits per heavy atom. The maximum atomic E-state index is 15.5. The molecule has 1 unspecified atom stereocenters. The van der Waals surface area contributed by atoms with E-state index in [4.69, 9.17) is 4.74 Å². The van der Waals surface area contributed by atoms with E-state index in [1.54, 1.807) is 156 Å². The third kappa shape index (κ3) is 28.3. The lowest BCUT2D eigenvalue weighted by atomic mass is 9.96. The van der Waals surface area contributed by atoms with Crippen LogP contribution in [0.2, 0.25) is 0 Å². The van der Waals surface area contributed by atoms with Gasteiger partial charge in [0.1, 0.15) is 66.2 Å². The molecule has 4 aromatic rings. The van der Waals surface area contributed by atoms with E-state index < -0.39 is 150 Å². The number of ether oxygens (including phenoxy) is 1. The second-order valence-corrected chi connectivity index (χ2v) is 33.4. The van der Waals surface area contributed by atoms with E-state index >= 15 is 19.2 Å². The first-order valence-corrected chi connectivity index (χ1v) is 41.5. The molecule has 1 heterocycles. The molecule has 0 bridgehead atoms. The molecule has 4 aromatic carbocycles. The Hall–Kier alpha value is -9.35. The average molecular weight is 1600 g/mol. The lowest BCUT2D eigenvalue weighted by Gasteiger charge is -2.37. The summed E-state index contributed by atoms with van der Waals surface area (Å²) < 4.78 is 6.08. The summed E-state index contributed by atoms with van der Waals surface area (Å²) in [7, 11) is 9.83. The topological polar surface area (TPSA) is 343 Å². The van der Waals surface area contributed by atoms with Gasteiger partial charge in [-0.15, -0.1) is 0 Å². The first kappa shape index (κ1) is 94.2. The zero-order valence-electron chi connectivity index (χ0n) is 69.1. The molecule has 1 fully saturated rings. The van der Waals surface area contributed by atoms with Crippen molar-refractivity contribution in [2.24, 2.45) is 23.7 Å². The zero-order valence-corrected chi connectivity index (χ0v) is 70.7. The van der Waals surface area contributed by atoms with Gasteiger partial charge in [0, 0.05) is 79.8 Å². The van der Waals surface area contributed by atoms with Crippen molar-refractivity contribution in [1.82, 2.24) is 61.3 Å². The summed E-state index contributed by atoms with van der Waals surface area (Å²) in [5.74, 6) is -9.65. The fraction of sp³-hybridized carbons (Fsp3) is 0.560.